The second-order valence-corrected chi connectivity index (χ2v) is 4.80. The van der Waals surface area contributed by atoms with Crippen LogP contribution >= 0.6 is 0 Å². The Hall–Kier alpha value is -2.24. The van der Waals surface area contributed by atoms with Crippen LogP contribution in [0.2, 0.25) is 0 Å². The topological polar surface area (TPSA) is 61.9 Å². The highest BCUT2D eigenvalue weighted by Crippen LogP contribution is 2.10. The number of benzene rings is 1. The summed E-state index contributed by atoms with van der Waals surface area (Å²) < 4.78 is 13.2. The van der Waals surface area contributed by atoms with Crippen LogP contribution in [0.4, 0.5) is 4.39 Å². The Morgan fingerprint density at radius 2 is 2.19 bits per heavy atom. The minimum Gasteiger partial charge on any atom is -0.332 e. The van der Waals surface area contributed by atoms with Gasteiger partial charge in [-0.3, -0.25) is 9.89 Å². The molecule has 1 amide bonds. The zero-order valence-electron chi connectivity index (χ0n) is 12.3. The van der Waals surface area contributed by atoms with Gasteiger partial charge in [0.1, 0.15) is 11.6 Å². The van der Waals surface area contributed by atoms with E-state index >= 15 is 0 Å². The fourth-order valence-corrected chi connectivity index (χ4v) is 2.06. The third kappa shape index (κ3) is 3.87. The number of amides is 1. The number of rotatable bonds is 6. The lowest BCUT2D eigenvalue weighted by Crippen LogP contribution is -2.31. The Balaban J connectivity index is 2.10. The first-order valence-corrected chi connectivity index (χ1v) is 7.09. The zero-order chi connectivity index (χ0) is 15.2. The SMILES string of the molecule is CCCc1nc(C(=O)N(CC)Cc2cccc(F)c2)n[nH]1. The van der Waals surface area contributed by atoms with E-state index in [2.05, 4.69) is 15.2 Å². The maximum Gasteiger partial charge on any atom is 0.293 e. The average molecular weight is 290 g/mol. The number of carbonyl (C=O) groups is 1. The van der Waals surface area contributed by atoms with Crippen LogP contribution in [0.1, 0.15) is 42.3 Å². The molecule has 0 aliphatic rings. The second-order valence-electron chi connectivity index (χ2n) is 4.80. The summed E-state index contributed by atoms with van der Waals surface area (Å²) >= 11 is 0. The van der Waals surface area contributed by atoms with Gasteiger partial charge in [0, 0.05) is 19.5 Å². The molecular weight excluding hydrogens is 271 g/mol. The summed E-state index contributed by atoms with van der Waals surface area (Å²) in [4.78, 5) is 18.2. The Labute approximate surface area is 123 Å². The molecule has 6 heteroatoms. The van der Waals surface area contributed by atoms with E-state index in [4.69, 9.17) is 0 Å². The van der Waals surface area contributed by atoms with Crippen LogP contribution in [-0.4, -0.2) is 32.5 Å². The highest BCUT2D eigenvalue weighted by atomic mass is 19.1. The highest BCUT2D eigenvalue weighted by Gasteiger charge is 2.19. The standard InChI is InChI=1S/C15H19FN4O/c1-3-6-13-17-14(19-18-13)15(21)20(4-2)10-11-7-5-8-12(16)9-11/h5,7-9H,3-4,6,10H2,1-2H3,(H,17,18,19). The molecular formula is C15H19FN4O. The van der Waals surface area contributed by atoms with Crippen molar-refractivity contribution >= 4 is 5.91 Å². The van der Waals surface area contributed by atoms with Crippen LogP contribution in [0.15, 0.2) is 24.3 Å². The van der Waals surface area contributed by atoms with E-state index < -0.39 is 0 Å². The molecule has 112 valence electrons. The number of halogens is 1. The van der Waals surface area contributed by atoms with Crippen molar-refractivity contribution in [1.29, 1.82) is 0 Å². The van der Waals surface area contributed by atoms with E-state index in [1.807, 2.05) is 13.8 Å². The molecule has 1 aromatic heterocycles. The monoisotopic (exact) mass is 290 g/mol. The van der Waals surface area contributed by atoms with E-state index in [-0.39, 0.29) is 17.5 Å². The Kier molecular flexibility index (Phi) is 5.03. The van der Waals surface area contributed by atoms with Crippen LogP contribution in [0.3, 0.4) is 0 Å². The summed E-state index contributed by atoms with van der Waals surface area (Å²) in [6, 6.07) is 6.24. The lowest BCUT2D eigenvalue weighted by atomic mass is 10.2. The number of H-pyrrole nitrogens is 1. The van der Waals surface area contributed by atoms with Gasteiger partial charge in [-0.1, -0.05) is 19.1 Å². The van der Waals surface area contributed by atoms with Crippen molar-refractivity contribution in [2.75, 3.05) is 6.54 Å². The van der Waals surface area contributed by atoms with Gasteiger partial charge in [0.25, 0.3) is 5.91 Å². The van der Waals surface area contributed by atoms with E-state index in [0.29, 0.717) is 18.9 Å². The number of carbonyl (C=O) groups excluding carboxylic acids is 1. The third-order valence-corrected chi connectivity index (χ3v) is 3.14. The maximum absolute atomic E-state index is 13.2. The number of aromatic nitrogens is 3. The fourth-order valence-electron chi connectivity index (χ4n) is 2.06. The van der Waals surface area contributed by atoms with E-state index in [0.717, 1.165) is 18.4 Å². The van der Waals surface area contributed by atoms with Crippen molar-refractivity contribution in [2.45, 2.75) is 33.2 Å². The molecule has 0 fully saturated rings. The lowest BCUT2D eigenvalue weighted by molar-refractivity contribution is 0.0740. The summed E-state index contributed by atoms with van der Waals surface area (Å²) in [5.41, 5.74) is 0.745. The van der Waals surface area contributed by atoms with Gasteiger partial charge in [0.2, 0.25) is 5.82 Å². The third-order valence-electron chi connectivity index (χ3n) is 3.14. The molecule has 0 saturated heterocycles. The fraction of sp³-hybridized carbons (Fsp3) is 0.400. The quantitative estimate of drug-likeness (QED) is 0.889. The first-order valence-electron chi connectivity index (χ1n) is 7.09. The zero-order valence-corrected chi connectivity index (χ0v) is 12.3. The van der Waals surface area contributed by atoms with Crippen molar-refractivity contribution in [3.63, 3.8) is 0 Å². The van der Waals surface area contributed by atoms with Crippen LogP contribution in [0, 0.1) is 5.82 Å². The number of nitrogens with zero attached hydrogens (tertiary/aromatic N) is 3. The van der Waals surface area contributed by atoms with Gasteiger partial charge in [-0.2, -0.15) is 0 Å². The Morgan fingerprint density at radius 1 is 1.38 bits per heavy atom. The first-order chi connectivity index (χ1) is 10.1. The summed E-state index contributed by atoms with van der Waals surface area (Å²) in [6.45, 7) is 4.75. The van der Waals surface area contributed by atoms with Gasteiger partial charge in [-0.15, -0.1) is 5.10 Å². The molecule has 1 heterocycles. The minimum atomic E-state index is -0.306. The number of hydrogen-bond acceptors (Lipinski definition) is 3. The molecule has 5 nitrogen and oxygen atoms in total. The first kappa shape index (κ1) is 15.2. The van der Waals surface area contributed by atoms with Crippen molar-refractivity contribution in [3.8, 4) is 0 Å². The van der Waals surface area contributed by atoms with Crippen LogP contribution in [-0.2, 0) is 13.0 Å². The summed E-state index contributed by atoms with van der Waals surface area (Å²) in [5.74, 6) is 0.318. The molecule has 0 aliphatic heterocycles. The van der Waals surface area contributed by atoms with Crippen molar-refractivity contribution in [1.82, 2.24) is 20.1 Å². The molecule has 0 aliphatic carbocycles. The molecule has 0 unspecified atom stereocenters. The normalized spacial score (nSPS) is 10.6. The van der Waals surface area contributed by atoms with Gasteiger partial charge < -0.3 is 4.90 Å². The van der Waals surface area contributed by atoms with E-state index in [1.54, 1.807) is 17.0 Å². The molecule has 2 rings (SSSR count). The Bertz CT molecular complexity index is 611. The van der Waals surface area contributed by atoms with Crippen LogP contribution in [0.5, 0.6) is 0 Å². The van der Waals surface area contributed by atoms with Gasteiger partial charge in [-0.05, 0) is 31.0 Å². The van der Waals surface area contributed by atoms with Crippen molar-refractivity contribution < 1.29 is 9.18 Å². The molecule has 1 aromatic carbocycles. The minimum absolute atomic E-state index is 0.164. The van der Waals surface area contributed by atoms with Gasteiger partial charge in [0.05, 0.1) is 0 Å². The molecule has 0 saturated carbocycles. The largest absolute Gasteiger partial charge is 0.332 e. The molecule has 21 heavy (non-hydrogen) atoms. The predicted octanol–water partition coefficient (Wildman–Crippen LogP) is 2.56. The molecule has 1 N–H and O–H groups in total. The lowest BCUT2D eigenvalue weighted by Gasteiger charge is -2.19. The van der Waals surface area contributed by atoms with Gasteiger partial charge >= 0.3 is 0 Å². The predicted molar refractivity (Wildman–Crippen MR) is 77.2 cm³/mol. The van der Waals surface area contributed by atoms with Crippen molar-refractivity contribution in [3.05, 3.63) is 47.3 Å². The average Bonchev–Trinajstić information content (AvgIpc) is 2.93. The van der Waals surface area contributed by atoms with Crippen LogP contribution < -0.4 is 0 Å². The second kappa shape index (κ2) is 6.97. The number of aryl methyl sites for hydroxylation is 1. The number of hydrogen-bond donors (Lipinski definition) is 1. The van der Waals surface area contributed by atoms with Gasteiger partial charge in [-0.25, -0.2) is 9.37 Å². The molecule has 0 bridgehead atoms. The number of nitrogens with one attached hydrogen (secondary N) is 1. The Morgan fingerprint density at radius 3 is 2.86 bits per heavy atom. The number of aromatic amines is 1. The smallest absolute Gasteiger partial charge is 0.293 e. The molecule has 2 aromatic rings. The van der Waals surface area contributed by atoms with E-state index in [1.165, 1.54) is 12.1 Å². The van der Waals surface area contributed by atoms with Crippen molar-refractivity contribution in [2.24, 2.45) is 0 Å². The summed E-state index contributed by atoms with van der Waals surface area (Å²) in [6.07, 6.45) is 1.69. The molecule has 0 spiro atoms. The molecule has 0 radical (unpaired) electrons. The summed E-state index contributed by atoms with van der Waals surface area (Å²) in [5, 5.41) is 6.73. The van der Waals surface area contributed by atoms with E-state index in [9.17, 15) is 9.18 Å². The van der Waals surface area contributed by atoms with Gasteiger partial charge in [0.15, 0.2) is 0 Å². The van der Waals surface area contributed by atoms with Crippen LogP contribution in [0.25, 0.3) is 0 Å². The highest BCUT2D eigenvalue weighted by molar-refractivity contribution is 5.90. The molecule has 0 atom stereocenters. The maximum atomic E-state index is 13.2. The summed E-state index contributed by atoms with van der Waals surface area (Å²) in [7, 11) is 0.